The van der Waals surface area contributed by atoms with Crippen molar-refractivity contribution in [1.82, 2.24) is 10.3 Å². The number of hydrogen-bond acceptors (Lipinski definition) is 5. The molecule has 1 aliphatic rings. The van der Waals surface area contributed by atoms with E-state index in [9.17, 15) is 22.8 Å². The van der Waals surface area contributed by atoms with Gasteiger partial charge in [0.1, 0.15) is 24.4 Å². The monoisotopic (exact) mass is 464 g/mol. The molecule has 3 rings (SSSR count). The van der Waals surface area contributed by atoms with E-state index in [4.69, 9.17) is 4.74 Å². The number of alkyl halides is 3. The Morgan fingerprint density at radius 2 is 1.67 bits per heavy atom. The number of ether oxygens (including phenoxy) is 2. The van der Waals surface area contributed by atoms with E-state index >= 15 is 0 Å². The Morgan fingerprint density at radius 1 is 1.03 bits per heavy atom. The summed E-state index contributed by atoms with van der Waals surface area (Å²) in [6.45, 7) is 5.66. The fourth-order valence-electron chi connectivity index (χ4n) is 3.25. The van der Waals surface area contributed by atoms with Crippen LogP contribution in [0.5, 0.6) is 5.75 Å². The molecule has 3 amide bonds. The number of nitrogens with one attached hydrogen (secondary N) is 1. The number of amides is 3. The lowest BCUT2D eigenvalue weighted by molar-refractivity contribution is -0.760. The van der Waals surface area contributed by atoms with Crippen molar-refractivity contribution in [1.29, 1.82) is 0 Å². The van der Waals surface area contributed by atoms with Gasteiger partial charge in [0.05, 0.1) is 12.2 Å². The van der Waals surface area contributed by atoms with Crippen molar-refractivity contribution in [2.75, 3.05) is 13.1 Å². The van der Waals surface area contributed by atoms with Crippen LogP contribution in [0.3, 0.4) is 0 Å². The van der Waals surface area contributed by atoms with E-state index in [1.165, 1.54) is 30.5 Å². The molecule has 1 aromatic heterocycles. The normalized spacial score (nSPS) is 15.2. The van der Waals surface area contributed by atoms with Gasteiger partial charge in [-0.3, -0.25) is 10.3 Å². The zero-order valence-corrected chi connectivity index (χ0v) is 18.5. The Hall–Kier alpha value is -3.40. The summed E-state index contributed by atoms with van der Waals surface area (Å²) in [4.78, 5) is 29.9. The van der Waals surface area contributed by atoms with Crippen molar-refractivity contribution in [3.63, 3.8) is 0 Å². The van der Waals surface area contributed by atoms with Gasteiger partial charge in [-0.25, -0.2) is 4.79 Å². The van der Waals surface area contributed by atoms with E-state index in [0.717, 1.165) is 0 Å². The second-order valence-electron chi connectivity index (χ2n) is 8.55. The fourth-order valence-corrected chi connectivity index (χ4v) is 3.25. The average Bonchev–Trinajstić information content (AvgIpc) is 3.22. The molecule has 0 unspecified atom stereocenters. The smallest absolute Gasteiger partial charge is 0.414 e. The lowest BCUT2D eigenvalue weighted by Gasteiger charge is -2.30. The summed E-state index contributed by atoms with van der Waals surface area (Å²) in [6, 6.07) is 8.34. The quantitative estimate of drug-likeness (QED) is 0.499. The minimum atomic E-state index is -4.76. The molecule has 0 aliphatic carbocycles. The molecule has 0 spiro atoms. The van der Waals surface area contributed by atoms with Gasteiger partial charge in [0, 0.05) is 6.20 Å². The number of hydrogen-bond donors (Lipinski definition) is 1. The summed E-state index contributed by atoms with van der Waals surface area (Å²) < 4.78 is 45.8. The molecule has 176 valence electrons. The number of carbonyl (C=O) groups excluding carboxylic acids is 2. The molecular weight excluding hydrogens is 439 g/mol. The van der Waals surface area contributed by atoms with Crippen molar-refractivity contribution < 1.29 is 36.7 Å². The number of pyridine rings is 1. The van der Waals surface area contributed by atoms with Crippen molar-refractivity contribution in [2.24, 2.45) is 0 Å². The molecule has 1 aliphatic heterocycles. The first kappa shape index (κ1) is 24.2. The van der Waals surface area contributed by atoms with E-state index in [1.54, 1.807) is 45.1 Å². The SMILES string of the molecule is CC(C)(C)OC(=O)[N+]1(C(=O)NCc2cc(-c3ccc(OC(F)(F)F)cc3)ccn2)CC=CC1. The summed E-state index contributed by atoms with van der Waals surface area (Å²) in [7, 11) is 0. The first-order valence-electron chi connectivity index (χ1n) is 10.2. The molecule has 0 radical (unpaired) electrons. The Morgan fingerprint density at radius 3 is 2.24 bits per heavy atom. The molecule has 0 saturated heterocycles. The Bertz CT molecular complexity index is 1040. The van der Waals surface area contributed by atoms with Crippen LogP contribution in [0.2, 0.25) is 0 Å². The molecule has 10 heteroatoms. The van der Waals surface area contributed by atoms with Crippen LogP contribution in [0.15, 0.2) is 54.7 Å². The van der Waals surface area contributed by atoms with Gasteiger partial charge in [-0.2, -0.15) is 4.79 Å². The van der Waals surface area contributed by atoms with Gasteiger partial charge >= 0.3 is 18.5 Å². The molecule has 0 atom stereocenters. The predicted octanol–water partition coefficient (Wildman–Crippen LogP) is 5.18. The van der Waals surface area contributed by atoms with Gasteiger partial charge in [0.15, 0.2) is 0 Å². The Labute approximate surface area is 189 Å². The van der Waals surface area contributed by atoms with Crippen LogP contribution in [0.25, 0.3) is 11.1 Å². The maximum atomic E-state index is 13.0. The van der Waals surface area contributed by atoms with Crippen molar-refractivity contribution in [3.05, 3.63) is 60.4 Å². The average molecular weight is 464 g/mol. The van der Waals surface area contributed by atoms with Gasteiger partial charge in [-0.15, -0.1) is 17.7 Å². The molecule has 1 N–H and O–H groups in total. The lowest BCUT2D eigenvalue weighted by Crippen LogP contribution is -2.60. The second-order valence-corrected chi connectivity index (χ2v) is 8.55. The molecule has 7 nitrogen and oxygen atoms in total. The second kappa shape index (κ2) is 9.22. The predicted molar refractivity (Wildman–Crippen MR) is 114 cm³/mol. The van der Waals surface area contributed by atoms with E-state index in [1.807, 2.05) is 0 Å². The van der Waals surface area contributed by atoms with E-state index < -0.39 is 28.6 Å². The minimum absolute atomic E-state index is 0.0603. The third-order valence-electron chi connectivity index (χ3n) is 4.79. The Balaban J connectivity index is 1.69. The summed E-state index contributed by atoms with van der Waals surface area (Å²) >= 11 is 0. The van der Waals surface area contributed by atoms with Crippen LogP contribution in [-0.4, -0.2) is 46.6 Å². The third kappa shape index (κ3) is 6.32. The van der Waals surface area contributed by atoms with Gasteiger partial charge in [0.2, 0.25) is 0 Å². The number of aromatic nitrogens is 1. The van der Waals surface area contributed by atoms with E-state index in [-0.39, 0.29) is 25.4 Å². The van der Waals surface area contributed by atoms with Gasteiger partial charge in [-0.05, 0) is 68.3 Å². The van der Waals surface area contributed by atoms with Gasteiger partial charge < -0.3 is 9.47 Å². The van der Waals surface area contributed by atoms with Crippen molar-refractivity contribution in [3.8, 4) is 16.9 Å². The highest BCUT2D eigenvalue weighted by Gasteiger charge is 2.48. The standard InChI is InChI=1S/C23H24F3N3O4/c1-22(2,3)33-21(31)29(12-4-5-13-29)20(30)28-15-18-14-17(10-11-27-18)16-6-8-19(9-7-16)32-23(24,25)26/h4-11,14H,12-13,15H2,1-3H3/p+1. The van der Waals surface area contributed by atoms with Crippen molar-refractivity contribution >= 4 is 12.1 Å². The number of quaternary nitrogens is 1. The van der Waals surface area contributed by atoms with Crippen LogP contribution in [-0.2, 0) is 11.3 Å². The van der Waals surface area contributed by atoms with E-state index in [0.29, 0.717) is 16.8 Å². The zero-order chi connectivity index (χ0) is 24.3. The highest BCUT2D eigenvalue weighted by atomic mass is 19.4. The Kier molecular flexibility index (Phi) is 6.78. The summed E-state index contributed by atoms with van der Waals surface area (Å²) in [6.07, 6.45) is -0.337. The van der Waals surface area contributed by atoms with Gasteiger partial charge in [0.25, 0.3) is 0 Å². The molecule has 0 bridgehead atoms. The molecule has 1 aromatic carbocycles. The number of nitrogens with zero attached hydrogens (tertiary/aromatic N) is 2. The topological polar surface area (TPSA) is 77.5 Å². The van der Waals surface area contributed by atoms with Crippen LogP contribution in [0, 0.1) is 0 Å². The number of imide groups is 1. The number of halogens is 3. The third-order valence-corrected chi connectivity index (χ3v) is 4.79. The molecular formula is C23H25F3N3O4+. The number of urea groups is 1. The van der Waals surface area contributed by atoms with Crippen molar-refractivity contribution in [2.45, 2.75) is 39.3 Å². The molecule has 0 saturated carbocycles. The fraction of sp³-hybridized carbons (Fsp3) is 0.348. The van der Waals surface area contributed by atoms with E-state index in [2.05, 4.69) is 15.0 Å². The zero-order valence-electron chi connectivity index (χ0n) is 18.5. The first-order chi connectivity index (χ1) is 15.4. The molecule has 33 heavy (non-hydrogen) atoms. The lowest BCUT2D eigenvalue weighted by atomic mass is 10.1. The summed E-state index contributed by atoms with van der Waals surface area (Å²) in [5, 5.41) is 2.75. The summed E-state index contributed by atoms with van der Waals surface area (Å²) in [5.41, 5.74) is 1.14. The largest absolute Gasteiger partial charge is 0.573 e. The molecule has 2 heterocycles. The van der Waals surface area contributed by atoms with Crippen LogP contribution in [0.1, 0.15) is 26.5 Å². The maximum absolute atomic E-state index is 13.0. The van der Waals surface area contributed by atoms with Crippen LogP contribution in [0.4, 0.5) is 22.8 Å². The van der Waals surface area contributed by atoms with Crippen LogP contribution >= 0.6 is 0 Å². The number of rotatable bonds is 4. The van der Waals surface area contributed by atoms with Crippen LogP contribution < -0.4 is 10.1 Å². The number of carbonyl (C=O) groups is 2. The molecule has 2 aromatic rings. The van der Waals surface area contributed by atoms with Gasteiger partial charge in [-0.1, -0.05) is 12.1 Å². The molecule has 0 fully saturated rings. The highest BCUT2D eigenvalue weighted by molar-refractivity contribution is 5.80. The highest BCUT2D eigenvalue weighted by Crippen LogP contribution is 2.27. The minimum Gasteiger partial charge on any atom is -0.414 e. The first-order valence-corrected chi connectivity index (χ1v) is 10.2. The summed E-state index contributed by atoms with van der Waals surface area (Å²) in [5.74, 6) is -0.317. The maximum Gasteiger partial charge on any atom is 0.573 e. The number of benzene rings is 1.